The second kappa shape index (κ2) is 4.56. The summed E-state index contributed by atoms with van der Waals surface area (Å²) in [7, 11) is 0. The quantitative estimate of drug-likeness (QED) is 0.602. The number of hydrogen-bond acceptors (Lipinski definition) is 3. The Morgan fingerprint density at radius 2 is 1.95 bits per heavy atom. The monoisotopic (exact) mass is 301 g/mol. The van der Waals surface area contributed by atoms with Gasteiger partial charge in [0.15, 0.2) is 0 Å². The van der Waals surface area contributed by atoms with Crippen LogP contribution in [0.25, 0.3) is 0 Å². The molecular formula is C19H27NO2. The Labute approximate surface area is 132 Å². The minimum Gasteiger partial charge on any atom is -0.389 e. The Morgan fingerprint density at radius 1 is 1.18 bits per heavy atom. The zero-order chi connectivity index (χ0) is 15.7. The minimum absolute atomic E-state index is 0.0974. The predicted molar refractivity (Wildman–Crippen MR) is 87.0 cm³/mol. The molecule has 0 aliphatic heterocycles. The molecule has 1 saturated carbocycles. The van der Waals surface area contributed by atoms with Gasteiger partial charge in [0.25, 0.3) is 0 Å². The highest BCUT2D eigenvalue weighted by Crippen LogP contribution is 2.61. The van der Waals surface area contributed by atoms with Gasteiger partial charge in [0.1, 0.15) is 0 Å². The van der Waals surface area contributed by atoms with E-state index in [9.17, 15) is 10.2 Å². The number of allylic oxidation sites excluding steroid dienone is 2. The summed E-state index contributed by atoms with van der Waals surface area (Å²) in [5, 5.41) is 21.2. The van der Waals surface area contributed by atoms with E-state index in [2.05, 4.69) is 32.1 Å². The van der Waals surface area contributed by atoms with E-state index in [0.717, 1.165) is 25.7 Å². The van der Waals surface area contributed by atoms with Crippen molar-refractivity contribution in [3.05, 3.63) is 35.5 Å². The molecule has 1 fully saturated rings. The Morgan fingerprint density at radius 3 is 2.73 bits per heavy atom. The zero-order valence-corrected chi connectivity index (χ0v) is 13.5. The summed E-state index contributed by atoms with van der Waals surface area (Å²) < 4.78 is 0. The number of hydrogen-bond donors (Lipinski definition) is 3. The van der Waals surface area contributed by atoms with Crippen LogP contribution in [0.4, 0.5) is 0 Å². The molecule has 4 unspecified atom stereocenters. The molecule has 0 heterocycles. The Kier molecular flexibility index (Phi) is 3.04. The molecule has 0 amide bonds. The molecule has 4 aliphatic carbocycles. The van der Waals surface area contributed by atoms with Crippen LogP contribution in [-0.2, 0) is 0 Å². The van der Waals surface area contributed by atoms with Crippen molar-refractivity contribution in [3.63, 3.8) is 0 Å². The third kappa shape index (κ3) is 1.73. The second-order valence-electron chi connectivity index (χ2n) is 8.25. The van der Waals surface area contributed by atoms with Gasteiger partial charge < -0.3 is 15.9 Å². The maximum atomic E-state index is 10.9. The lowest BCUT2D eigenvalue weighted by atomic mass is 9.50. The maximum absolute atomic E-state index is 10.9. The Hall–Kier alpha value is -0.900. The lowest BCUT2D eigenvalue weighted by Crippen LogP contribution is -2.51. The van der Waals surface area contributed by atoms with Gasteiger partial charge in [-0.05, 0) is 54.1 Å². The molecule has 4 aliphatic rings. The summed E-state index contributed by atoms with van der Waals surface area (Å²) in [6.07, 6.45) is 11.4. The number of rotatable bonds is 0. The van der Waals surface area contributed by atoms with Crippen molar-refractivity contribution in [2.75, 3.05) is 0 Å². The third-order valence-electron chi connectivity index (χ3n) is 7.11. The molecule has 0 spiro atoms. The SMILES string of the molecule is C[C@]12CC[C@@H]3C(=C1C=CC2O)C(O)CC1CC(N)C=C[C@@]13C. The Balaban J connectivity index is 1.84. The lowest BCUT2D eigenvalue weighted by Gasteiger charge is -2.55. The first kappa shape index (κ1) is 14.7. The van der Waals surface area contributed by atoms with Gasteiger partial charge in [-0.2, -0.15) is 0 Å². The fraction of sp³-hybridized carbons (Fsp3) is 0.684. The van der Waals surface area contributed by atoms with Crippen molar-refractivity contribution in [1.82, 2.24) is 0 Å². The van der Waals surface area contributed by atoms with E-state index in [0.29, 0.717) is 11.8 Å². The highest BCUT2D eigenvalue weighted by molar-refractivity contribution is 5.46. The van der Waals surface area contributed by atoms with Crippen LogP contribution < -0.4 is 5.73 Å². The van der Waals surface area contributed by atoms with Gasteiger partial charge in [-0.15, -0.1) is 0 Å². The normalized spacial score (nSPS) is 53.2. The average Bonchev–Trinajstić information content (AvgIpc) is 2.77. The standard InChI is InChI=1S/C19H27NO2/c1-18-7-5-12(20)9-11(18)10-15(21)17-13-3-4-16(22)19(13,2)8-6-14(17)18/h3-5,7,11-12,14-16,21-22H,6,8-10,20H2,1-2H3/t11?,12?,14-,15?,16?,18+,19+/m1/s1. The minimum atomic E-state index is -0.413. The van der Waals surface area contributed by atoms with Crippen molar-refractivity contribution in [2.45, 2.75) is 57.8 Å². The van der Waals surface area contributed by atoms with Crippen molar-refractivity contribution in [2.24, 2.45) is 28.4 Å². The summed E-state index contributed by atoms with van der Waals surface area (Å²) in [6.45, 7) is 4.49. The highest BCUT2D eigenvalue weighted by Gasteiger charge is 2.55. The van der Waals surface area contributed by atoms with E-state index in [4.69, 9.17) is 5.73 Å². The molecule has 4 rings (SSSR count). The molecule has 120 valence electrons. The summed E-state index contributed by atoms with van der Waals surface area (Å²) in [6, 6.07) is 0.126. The summed E-state index contributed by atoms with van der Waals surface area (Å²) in [5.41, 5.74) is 8.40. The second-order valence-corrected chi connectivity index (χ2v) is 8.25. The van der Waals surface area contributed by atoms with Gasteiger partial charge in [-0.1, -0.05) is 38.2 Å². The van der Waals surface area contributed by atoms with Crippen LogP contribution >= 0.6 is 0 Å². The Bertz CT molecular complexity index is 592. The first-order chi connectivity index (χ1) is 10.4. The number of fused-ring (bicyclic) bond motifs is 4. The molecule has 4 N–H and O–H groups in total. The van der Waals surface area contributed by atoms with Gasteiger partial charge in [-0.25, -0.2) is 0 Å². The predicted octanol–water partition coefficient (Wildman–Crippen LogP) is 2.30. The van der Waals surface area contributed by atoms with Crippen molar-refractivity contribution in [3.8, 4) is 0 Å². The van der Waals surface area contributed by atoms with Gasteiger partial charge in [0, 0.05) is 11.5 Å². The summed E-state index contributed by atoms with van der Waals surface area (Å²) in [5.74, 6) is 0.833. The molecular weight excluding hydrogens is 274 g/mol. The molecule has 0 saturated heterocycles. The largest absolute Gasteiger partial charge is 0.389 e. The van der Waals surface area contributed by atoms with Crippen LogP contribution in [-0.4, -0.2) is 28.5 Å². The van der Waals surface area contributed by atoms with E-state index >= 15 is 0 Å². The third-order valence-corrected chi connectivity index (χ3v) is 7.11. The molecule has 0 aromatic carbocycles. The van der Waals surface area contributed by atoms with Gasteiger partial charge >= 0.3 is 0 Å². The summed E-state index contributed by atoms with van der Waals surface area (Å²) >= 11 is 0. The first-order valence-corrected chi connectivity index (χ1v) is 8.60. The summed E-state index contributed by atoms with van der Waals surface area (Å²) in [4.78, 5) is 0. The maximum Gasteiger partial charge on any atom is 0.0817 e. The molecule has 0 aromatic rings. The van der Waals surface area contributed by atoms with Gasteiger partial charge in [0.2, 0.25) is 0 Å². The molecule has 0 aromatic heterocycles. The zero-order valence-electron chi connectivity index (χ0n) is 13.5. The van der Waals surface area contributed by atoms with Crippen LogP contribution in [0.1, 0.15) is 39.5 Å². The van der Waals surface area contributed by atoms with Gasteiger partial charge in [-0.3, -0.25) is 0 Å². The van der Waals surface area contributed by atoms with Crippen LogP contribution in [0.5, 0.6) is 0 Å². The van der Waals surface area contributed by atoms with E-state index in [-0.39, 0.29) is 23.0 Å². The first-order valence-electron chi connectivity index (χ1n) is 8.60. The smallest absolute Gasteiger partial charge is 0.0817 e. The van der Waals surface area contributed by atoms with Gasteiger partial charge in [0.05, 0.1) is 12.2 Å². The fourth-order valence-electron chi connectivity index (χ4n) is 5.58. The highest BCUT2D eigenvalue weighted by atomic mass is 16.3. The molecule has 22 heavy (non-hydrogen) atoms. The lowest BCUT2D eigenvalue weighted by molar-refractivity contribution is 0.00635. The fourth-order valence-corrected chi connectivity index (χ4v) is 5.58. The molecule has 3 heteroatoms. The van der Waals surface area contributed by atoms with E-state index in [1.54, 1.807) is 0 Å². The average molecular weight is 301 g/mol. The molecule has 0 radical (unpaired) electrons. The van der Waals surface area contributed by atoms with E-state index in [1.165, 1.54) is 11.1 Å². The molecule has 7 atom stereocenters. The van der Waals surface area contributed by atoms with E-state index in [1.807, 2.05) is 6.08 Å². The van der Waals surface area contributed by atoms with Crippen LogP contribution in [0.15, 0.2) is 35.5 Å². The van der Waals surface area contributed by atoms with Crippen molar-refractivity contribution < 1.29 is 10.2 Å². The van der Waals surface area contributed by atoms with Crippen LogP contribution in [0, 0.1) is 22.7 Å². The van der Waals surface area contributed by atoms with Crippen LogP contribution in [0.2, 0.25) is 0 Å². The topological polar surface area (TPSA) is 66.5 Å². The number of aliphatic hydroxyl groups is 2. The number of aliphatic hydroxyl groups excluding tert-OH is 2. The number of nitrogens with two attached hydrogens (primary N) is 1. The van der Waals surface area contributed by atoms with Crippen LogP contribution in [0.3, 0.4) is 0 Å². The molecule has 0 bridgehead atoms. The van der Waals surface area contributed by atoms with E-state index < -0.39 is 6.10 Å². The van der Waals surface area contributed by atoms with Crippen molar-refractivity contribution in [1.29, 1.82) is 0 Å². The molecule has 3 nitrogen and oxygen atoms in total. The van der Waals surface area contributed by atoms with Crippen molar-refractivity contribution >= 4 is 0 Å².